The molecule has 0 amide bonds. The van der Waals surface area contributed by atoms with Crippen LogP contribution in [0.5, 0.6) is 0 Å². The number of rotatable bonds is 6. The Kier molecular flexibility index (Phi) is 5.19. The molecule has 2 nitrogen and oxygen atoms in total. The molecule has 1 heterocycles. The largest absolute Gasteiger partial charge is 0.395 e. The molecule has 1 aromatic heterocycles. The van der Waals surface area contributed by atoms with Crippen molar-refractivity contribution in [3.63, 3.8) is 0 Å². The van der Waals surface area contributed by atoms with Crippen molar-refractivity contribution < 1.29 is 5.11 Å². The van der Waals surface area contributed by atoms with Crippen LogP contribution in [0, 0.1) is 12.8 Å². The summed E-state index contributed by atoms with van der Waals surface area (Å²) in [7, 11) is 0. The molecule has 2 rings (SSSR count). The molecule has 0 fully saturated rings. The summed E-state index contributed by atoms with van der Waals surface area (Å²) in [4.78, 5) is 1.38. The first kappa shape index (κ1) is 15.5. The molecule has 3 heteroatoms. The lowest BCUT2D eigenvalue weighted by Crippen LogP contribution is -2.35. The maximum atomic E-state index is 9.52. The van der Waals surface area contributed by atoms with Crippen LogP contribution in [0.15, 0.2) is 24.3 Å². The lowest BCUT2D eigenvalue weighted by Gasteiger charge is -2.23. The number of hydrogen-bond acceptors (Lipinski definition) is 3. The van der Waals surface area contributed by atoms with Crippen molar-refractivity contribution in [1.82, 2.24) is 5.32 Å². The van der Waals surface area contributed by atoms with Crippen molar-refractivity contribution in [3.8, 4) is 0 Å². The number of aliphatic hydroxyl groups is 1. The van der Waals surface area contributed by atoms with Gasteiger partial charge in [0.1, 0.15) is 0 Å². The van der Waals surface area contributed by atoms with Crippen molar-refractivity contribution in [1.29, 1.82) is 0 Å². The number of benzene rings is 1. The topological polar surface area (TPSA) is 32.3 Å². The van der Waals surface area contributed by atoms with Gasteiger partial charge >= 0.3 is 0 Å². The van der Waals surface area contributed by atoms with E-state index in [1.165, 1.54) is 20.5 Å². The smallest absolute Gasteiger partial charge is 0.0584 e. The van der Waals surface area contributed by atoms with Crippen LogP contribution >= 0.6 is 11.3 Å². The molecule has 2 atom stereocenters. The maximum absolute atomic E-state index is 9.52. The highest BCUT2D eigenvalue weighted by Gasteiger charge is 2.18. The molecule has 2 N–H and O–H groups in total. The molecule has 0 bridgehead atoms. The SMILES string of the molecule is Cc1c(C(C)NC(CO)CC(C)C)sc2ccccc12. The molecule has 0 saturated carbocycles. The van der Waals surface area contributed by atoms with Gasteiger partial charge in [-0.25, -0.2) is 0 Å². The number of thiophene rings is 1. The van der Waals surface area contributed by atoms with Gasteiger partial charge in [0.25, 0.3) is 0 Å². The average molecular weight is 291 g/mol. The third-order valence-electron chi connectivity index (χ3n) is 3.74. The second kappa shape index (κ2) is 6.70. The lowest BCUT2D eigenvalue weighted by atomic mass is 10.0. The molecule has 0 saturated heterocycles. The highest BCUT2D eigenvalue weighted by atomic mass is 32.1. The van der Waals surface area contributed by atoms with Crippen molar-refractivity contribution >= 4 is 21.4 Å². The van der Waals surface area contributed by atoms with Gasteiger partial charge in [0.05, 0.1) is 6.61 Å². The molecule has 2 aromatic rings. The summed E-state index contributed by atoms with van der Waals surface area (Å²) in [5, 5.41) is 14.4. The van der Waals surface area contributed by atoms with Gasteiger partial charge < -0.3 is 10.4 Å². The Morgan fingerprint density at radius 3 is 2.50 bits per heavy atom. The molecule has 0 spiro atoms. The molecular formula is C17H25NOS. The number of fused-ring (bicyclic) bond motifs is 1. The summed E-state index contributed by atoms with van der Waals surface area (Å²) in [6, 6.07) is 9.02. The Balaban J connectivity index is 2.18. The van der Waals surface area contributed by atoms with E-state index in [-0.39, 0.29) is 18.7 Å². The number of hydrogen-bond donors (Lipinski definition) is 2. The van der Waals surface area contributed by atoms with E-state index in [1.54, 1.807) is 0 Å². The summed E-state index contributed by atoms with van der Waals surface area (Å²) >= 11 is 1.86. The van der Waals surface area contributed by atoms with Gasteiger partial charge in [0.2, 0.25) is 0 Å². The number of aliphatic hydroxyl groups excluding tert-OH is 1. The van der Waals surface area contributed by atoms with E-state index in [1.807, 2.05) is 11.3 Å². The predicted octanol–water partition coefficient (Wildman–Crippen LogP) is 4.27. The first-order valence-electron chi connectivity index (χ1n) is 7.37. The highest BCUT2D eigenvalue weighted by Crippen LogP contribution is 2.34. The van der Waals surface area contributed by atoms with Crippen LogP contribution in [0.4, 0.5) is 0 Å². The Bertz CT molecular complexity index is 561. The summed E-state index contributed by atoms with van der Waals surface area (Å²) in [5.74, 6) is 0.593. The summed E-state index contributed by atoms with van der Waals surface area (Å²) < 4.78 is 1.35. The quantitative estimate of drug-likeness (QED) is 0.833. The van der Waals surface area contributed by atoms with Crippen LogP contribution in [0.1, 0.15) is 43.7 Å². The van der Waals surface area contributed by atoms with Crippen LogP contribution in [0.2, 0.25) is 0 Å². The first-order chi connectivity index (χ1) is 9.52. The average Bonchev–Trinajstić information content (AvgIpc) is 2.75. The molecule has 20 heavy (non-hydrogen) atoms. The van der Waals surface area contributed by atoms with E-state index in [9.17, 15) is 5.11 Å². The van der Waals surface area contributed by atoms with E-state index in [0.29, 0.717) is 5.92 Å². The fraction of sp³-hybridized carbons (Fsp3) is 0.529. The molecule has 110 valence electrons. The molecule has 2 unspecified atom stereocenters. The van der Waals surface area contributed by atoms with Crippen molar-refractivity contribution in [3.05, 3.63) is 34.7 Å². The molecule has 0 radical (unpaired) electrons. The van der Waals surface area contributed by atoms with Crippen LogP contribution < -0.4 is 5.32 Å². The fourth-order valence-electron chi connectivity index (χ4n) is 2.80. The van der Waals surface area contributed by atoms with Crippen LogP contribution in [-0.2, 0) is 0 Å². The standard InChI is InChI=1S/C17H25NOS/c1-11(2)9-14(10-19)18-13(4)17-12(3)15-7-5-6-8-16(15)20-17/h5-8,11,13-14,18-19H,9-10H2,1-4H3. The van der Waals surface area contributed by atoms with E-state index in [4.69, 9.17) is 0 Å². The van der Waals surface area contributed by atoms with Gasteiger partial charge in [-0.2, -0.15) is 0 Å². The molecule has 0 aliphatic carbocycles. The third kappa shape index (κ3) is 3.40. The minimum Gasteiger partial charge on any atom is -0.395 e. The monoisotopic (exact) mass is 291 g/mol. The zero-order valence-electron chi connectivity index (χ0n) is 12.8. The Labute approximate surface area is 125 Å². The summed E-state index contributed by atoms with van der Waals surface area (Å²) in [6.07, 6.45) is 1.00. The normalized spacial score (nSPS) is 14.9. The summed E-state index contributed by atoms with van der Waals surface area (Å²) in [5.41, 5.74) is 1.37. The highest BCUT2D eigenvalue weighted by molar-refractivity contribution is 7.19. The predicted molar refractivity (Wildman–Crippen MR) is 88.4 cm³/mol. The van der Waals surface area contributed by atoms with Crippen LogP contribution in [0.3, 0.4) is 0 Å². The maximum Gasteiger partial charge on any atom is 0.0584 e. The van der Waals surface area contributed by atoms with E-state index < -0.39 is 0 Å². The Hall–Kier alpha value is -0.900. The third-order valence-corrected chi connectivity index (χ3v) is 5.19. The minimum absolute atomic E-state index is 0.176. The molecule has 0 aliphatic rings. The van der Waals surface area contributed by atoms with Gasteiger partial charge in [-0.15, -0.1) is 11.3 Å². The second-order valence-corrected chi connectivity index (χ2v) is 7.07. The fourth-order valence-corrected chi connectivity index (χ4v) is 4.02. The number of aryl methyl sites for hydroxylation is 1. The zero-order chi connectivity index (χ0) is 14.7. The second-order valence-electron chi connectivity index (χ2n) is 5.98. The molecular weight excluding hydrogens is 266 g/mol. The van der Waals surface area contributed by atoms with Gasteiger partial charge in [0, 0.05) is 21.7 Å². The zero-order valence-corrected chi connectivity index (χ0v) is 13.6. The van der Waals surface area contributed by atoms with Crippen LogP contribution in [-0.4, -0.2) is 17.8 Å². The van der Waals surface area contributed by atoms with Gasteiger partial charge in [-0.3, -0.25) is 0 Å². The molecule has 0 aliphatic heterocycles. The van der Waals surface area contributed by atoms with Gasteiger partial charge in [-0.05, 0) is 43.2 Å². The van der Waals surface area contributed by atoms with Gasteiger partial charge in [0.15, 0.2) is 0 Å². The van der Waals surface area contributed by atoms with Gasteiger partial charge in [-0.1, -0.05) is 32.0 Å². The Morgan fingerprint density at radius 1 is 1.20 bits per heavy atom. The molecule has 1 aromatic carbocycles. The van der Waals surface area contributed by atoms with Crippen molar-refractivity contribution in [2.24, 2.45) is 5.92 Å². The first-order valence-corrected chi connectivity index (χ1v) is 8.19. The van der Waals surface area contributed by atoms with Crippen molar-refractivity contribution in [2.75, 3.05) is 6.61 Å². The number of nitrogens with one attached hydrogen (secondary N) is 1. The van der Waals surface area contributed by atoms with E-state index in [2.05, 4.69) is 57.3 Å². The summed E-state index contributed by atoms with van der Waals surface area (Å²) in [6.45, 7) is 8.98. The van der Waals surface area contributed by atoms with Crippen LogP contribution in [0.25, 0.3) is 10.1 Å². The Morgan fingerprint density at radius 2 is 1.90 bits per heavy atom. The minimum atomic E-state index is 0.176. The van der Waals surface area contributed by atoms with E-state index >= 15 is 0 Å². The lowest BCUT2D eigenvalue weighted by molar-refractivity contribution is 0.215. The van der Waals surface area contributed by atoms with Crippen molar-refractivity contribution in [2.45, 2.75) is 46.2 Å². The van der Waals surface area contributed by atoms with E-state index in [0.717, 1.165) is 6.42 Å².